The number of halogens is 1. The first-order chi connectivity index (χ1) is 9.13. The average molecular weight is 455 g/mol. The summed E-state index contributed by atoms with van der Waals surface area (Å²) < 4.78 is 5.29. The Labute approximate surface area is 158 Å². The van der Waals surface area contributed by atoms with E-state index in [4.69, 9.17) is 11.2 Å². The Morgan fingerprint density at radius 2 is 2.15 bits per heavy atom. The summed E-state index contributed by atoms with van der Waals surface area (Å²) in [5, 5.41) is 0. The third-order valence-electron chi connectivity index (χ3n) is 2.83. The van der Waals surface area contributed by atoms with Crippen LogP contribution in [0.3, 0.4) is 0 Å². The van der Waals surface area contributed by atoms with Gasteiger partial charge in [-0.15, -0.1) is 24.3 Å². The third-order valence-corrected chi connectivity index (χ3v) is 3.81. The number of hydrogen-bond acceptors (Lipinski definition) is 2. The van der Waals surface area contributed by atoms with Gasteiger partial charge in [-0.1, -0.05) is 34.9 Å². The standard InChI is InChI=1S/C15H13INO2.Y/c1-3-10-19-12-6-4-11(5-7-12)14-9-8-13(16)15(18)17(14)2;/h1,4-7,13H,8,10H2,2H3;/q-1;. The molecule has 5 heteroatoms. The Hall–Kier alpha value is -0.376. The second kappa shape index (κ2) is 8.16. The summed E-state index contributed by atoms with van der Waals surface area (Å²) in [5.41, 5.74) is 1.77. The van der Waals surface area contributed by atoms with E-state index in [0.29, 0.717) is 6.42 Å². The smallest absolute Gasteiger partial charge is 0.235 e. The van der Waals surface area contributed by atoms with Crippen molar-refractivity contribution in [1.82, 2.24) is 4.90 Å². The Morgan fingerprint density at radius 3 is 2.75 bits per heavy atom. The molecule has 2 rings (SSSR count). The second-order valence-electron chi connectivity index (χ2n) is 4.11. The molecule has 1 unspecified atom stereocenters. The fraction of sp³-hybridized carbons (Fsp3) is 0.267. The summed E-state index contributed by atoms with van der Waals surface area (Å²) in [6.45, 7) is 0.253. The van der Waals surface area contributed by atoms with Gasteiger partial charge in [-0.2, -0.15) is 5.56 Å². The molecule has 1 aromatic carbocycles. The molecule has 0 aliphatic carbocycles. The molecule has 0 N–H and O–H groups in total. The minimum absolute atomic E-state index is 0. The molecule has 1 heterocycles. The minimum atomic E-state index is -0.0235. The quantitative estimate of drug-likeness (QED) is 0.304. The number of ether oxygens (including phenoxy) is 1. The van der Waals surface area contributed by atoms with Gasteiger partial charge < -0.3 is 9.64 Å². The van der Waals surface area contributed by atoms with Gasteiger partial charge in [0.15, 0.2) is 0 Å². The van der Waals surface area contributed by atoms with E-state index in [1.54, 1.807) is 11.9 Å². The summed E-state index contributed by atoms with van der Waals surface area (Å²) in [7, 11) is 1.78. The number of benzene rings is 1. The summed E-state index contributed by atoms with van der Waals surface area (Å²) in [6, 6.07) is 7.50. The van der Waals surface area contributed by atoms with Crippen LogP contribution in [0, 0.1) is 18.4 Å². The average Bonchev–Trinajstić information content (AvgIpc) is 2.44. The van der Waals surface area contributed by atoms with Crippen molar-refractivity contribution >= 4 is 34.2 Å². The SMILES string of the molecule is C#CCOc1ccc(C2=[C-]CC(I)C(=O)N2C)cc1.[Y]. The van der Waals surface area contributed by atoms with Crippen LogP contribution in [0.4, 0.5) is 0 Å². The summed E-state index contributed by atoms with van der Waals surface area (Å²) in [6.07, 6.45) is 9.05. The Balaban J connectivity index is 0.00000200. The molecular formula is C15H13INO2Y-. The fourth-order valence-electron chi connectivity index (χ4n) is 1.84. The van der Waals surface area contributed by atoms with Crippen LogP contribution in [0.2, 0.25) is 0 Å². The van der Waals surface area contributed by atoms with E-state index in [0.717, 1.165) is 17.0 Å². The van der Waals surface area contributed by atoms with Crippen LogP contribution in [0.1, 0.15) is 12.0 Å². The number of allylic oxidation sites excluding steroid dienone is 1. The number of nitrogens with zero attached hydrogens (tertiary/aromatic N) is 1. The van der Waals surface area contributed by atoms with Crippen LogP contribution < -0.4 is 4.74 Å². The van der Waals surface area contributed by atoms with E-state index in [1.165, 1.54) is 0 Å². The van der Waals surface area contributed by atoms with E-state index < -0.39 is 0 Å². The number of alkyl halides is 1. The van der Waals surface area contributed by atoms with Gasteiger partial charge in [0.1, 0.15) is 12.4 Å². The molecule has 0 fully saturated rings. The van der Waals surface area contributed by atoms with Crippen molar-refractivity contribution in [3.8, 4) is 18.1 Å². The zero-order valence-electron chi connectivity index (χ0n) is 11.1. The first-order valence-electron chi connectivity index (χ1n) is 5.82. The largest absolute Gasteiger partial charge is 0.481 e. The number of carbonyl (C=O) groups is 1. The molecule has 101 valence electrons. The van der Waals surface area contributed by atoms with Crippen molar-refractivity contribution in [2.75, 3.05) is 13.7 Å². The van der Waals surface area contributed by atoms with Crippen LogP contribution in [0.15, 0.2) is 24.3 Å². The normalized spacial score (nSPS) is 17.9. The van der Waals surface area contributed by atoms with E-state index in [2.05, 4.69) is 34.6 Å². The van der Waals surface area contributed by atoms with E-state index in [1.807, 2.05) is 24.3 Å². The molecule has 0 saturated heterocycles. The molecule has 0 spiro atoms. The minimum Gasteiger partial charge on any atom is -0.481 e. The van der Waals surface area contributed by atoms with Crippen molar-refractivity contribution in [2.45, 2.75) is 10.3 Å². The molecule has 0 aromatic heterocycles. The molecule has 0 bridgehead atoms. The maximum Gasteiger partial charge on any atom is 0.235 e. The van der Waals surface area contributed by atoms with Gasteiger partial charge in [0.25, 0.3) is 0 Å². The second-order valence-corrected chi connectivity index (χ2v) is 5.62. The predicted molar refractivity (Wildman–Crippen MR) is 82.6 cm³/mol. The molecular weight excluding hydrogens is 442 g/mol. The van der Waals surface area contributed by atoms with Gasteiger partial charge in [0.2, 0.25) is 5.91 Å². The van der Waals surface area contributed by atoms with E-state index >= 15 is 0 Å². The van der Waals surface area contributed by atoms with Crippen LogP contribution >= 0.6 is 22.6 Å². The molecule has 0 saturated carbocycles. The Kier molecular flexibility index (Phi) is 7.21. The van der Waals surface area contributed by atoms with Crippen molar-refractivity contribution < 1.29 is 42.2 Å². The zero-order chi connectivity index (χ0) is 13.8. The monoisotopic (exact) mass is 455 g/mol. The summed E-state index contributed by atoms with van der Waals surface area (Å²) in [4.78, 5) is 13.6. The van der Waals surface area contributed by atoms with Gasteiger partial charge in [-0.05, 0) is 12.1 Å². The first-order valence-corrected chi connectivity index (χ1v) is 7.07. The summed E-state index contributed by atoms with van der Waals surface area (Å²) in [5.74, 6) is 3.25. The predicted octanol–water partition coefficient (Wildman–Crippen LogP) is 2.51. The Bertz CT molecular complexity index is 548. The van der Waals surface area contributed by atoms with Crippen molar-refractivity contribution in [2.24, 2.45) is 0 Å². The van der Waals surface area contributed by atoms with Crippen molar-refractivity contribution in [3.63, 3.8) is 0 Å². The molecule has 1 aliphatic rings. The van der Waals surface area contributed by atoms with Gasteiger partial charge in [0.05, 0.1) is 3.92 Å². The number of carbonyl (C=O) groups excluding carboxylic acids is 1. The van der Waals surface area contributed by atoms with Crippen LogP contribution in [0.25, 0.3) is 5.70 Å². The molecule has 1 atom stereocenters. The van der Waals surface area contributed by atoms with Crippen LogP contribution in [-0.2, 0) is 37.5 Å². The topological polar surface area (TPSA) is 29.5 Å². The maximum absolute atomic E-state index is 11.9. The van der Waals surface area contributed by atoms with Gasteiger partial charge >= 0.3 is 0 Å². The van der Waals surface area contributed by atoms with Gasteiger partial charge in [-0.3, -0.25) is 4.79 Å². The van der Waals surface area contributed by atoms with Crippen molar-refractivity contribution in [3.05, 3.63) is 35.9 Å². The molecule has 20 heavy (non-hydrogen) atoms. The molecule has 1 amide bonds. The zero-order valence-corrected chi connectivity index (χ0v) is 16.1. The van der Waals surface area contributed by atoms with E-state index in [9.17, 15) is 4.79 Å². The molecule has 3 nitrogen and oxygen atoms in total. The fourth-order valence-corrected chi connectivity index (χ4v) is 2.48. The first kappa shape index (κ1) is 17.7. The van der Waals surface area contributed by atoms with E-state index in [-0.39, 0.29) is 49.1 Å². The molecule has 1 radical (unpaired) electrons. The van der Waals surface area contributed by atoms with Crippen LogP contribution in [-0.4, -0.2) is 28.4 Å². The van der Waals surface area contributed by atoms with Gasteiger partial charge in [0, 0.05) is 39.8 Å². The maximum atomic E-state index is 11.9. The third kappa shape index (κ3) is 4.06. The molecule has 1 aromatic rings. The van der Waals surface area contributed by atoms with Crippen molar-refractivity contribution in [1.29, 1.82) is 0 Å². The number of rotatable bonds is 3. The van der Waals surface area contributed by atoms with Crippen LogP contribution in [0.5, 0.6) is 5.75 Å². The number of hydrogen-bond donors (Lipinski definition) is 0. The Morgan fingerprint density at radius 1 is 1.50 bits per heavy atom. The molecule has 1 aliphatic heterocycles. The summed E-state index contributed by atoms with van der Waals surface area (Å²) >= 11 is 2.14. The van der Waals surface area contributed by atoms with Gasteiger partial charge in [-0.25, -0.2) is 6.08 Å². The number of terminal acetylenes is 1. The number of amides is 1.